The van der Waals surface area contributed by atoms with E-state index in [9.17, 15) is 18.8 Å². The number of nitrogens with one attached hydrogen (secondary N) is 1. The van der Waals surface area contributed by atoms with Crippen molar-refractivity contribution in [2.75, 3.05) is 52.5 Å². The summed E-state index contributed by atoms with van der Waals surface area (Å²) in [5.74, 6) is -1.05. The van der Waals surface area contributed by atoms with Gasteiger partial charge in [0.1, 0.15) is 16.5 Å². The Morgan fingerprint density at radius 2 is 1.64 bits per heavy atom. The molecule has 3 aromatic rings. The van der Waals surface area contributed by atoms with Crippen molar-refractivity contribution < 1.29 is 18.7 Å². The van der Waals surface area contributed by atoms with Gasteiger partial charge in [-0.05, 0) is 23.8 Å². The van der Waals surface area contributed by atoms with Crippen LogP contribution in [-0.2, 0) is 11.2 Å². The molecule has 1 N–H and O–H groups in total. The van der Waals surface area contributed by atoms with Gasteiger partial charge in [-0.15, -0.1) is 0 Å². The van der Waals surface area contributed by atoms with Crippen LogP contribution in [0.15, 0.2) is 35.3 Å². The SMILES string of the molecule is O=C(c1cc(Cc2c[nH]c(=O)c3cc(Cl)c(Cl)n23)ccc1F)N1CCN(C(=O)N2CCOCC2)CC1. The minimum absolute atomic E-state index is 0.0437. The smallest absolute Gasteiger partial charge is 0.320 e. The Morgan fingerprint density at radius 3 is 2.36 bits per heavy atom. The molecule has 5 rings (SSSR count). The van der Waals surface area contributed by atoms with Crippen molar-refractivity contribution >= 4 is 40.7 Å². The van der Waals surface area contributed by atoms with Gasteiger partial charge in [-0.3, -0.25) is 14.0 Å². The van der Waals surface area contributed by atoms with Gasteiger partial charge in [-0.1, -0.05) is 29.3 Å². The maximum absolute atomic E-state index is 14.7. The summed E-state index contributed by atoms with van der Waals surface area (Å²) < 4.78 is 21.5. The first-order valence-electron chi connectivity index (χ1n) is 11.6. The maximum atomic E-state index is 14.7. The fraction of sp³-hybridized carbons (Fsp3) is 0.375. The number of H-pyrrole nitrogens is 1. The summed E-state index contributed by atoms with van der Waals surface area (Å²) in [6, 6.07) is 5.78. The van der Waals surface area contributed by atoms with Crippen LogP contribution >= 0.6 is 23.2 Å². The highest BCUT2D eigenvalue weighted by Crippen LogP contribution is 2.27. The minimum Gasteiger partial charge on any atom is -0.378 e. The Morgan fingerprint density at radius 1 is 0.972 bits per heavy atom. The van der Waals surface area contributed by atoms with Crippen LogP contribution in [-0.4, -0.2) is 88.5 Å². The van der Waals surface area contributed by atoms with Gasteiger partial charge >= 0.3 is 6.03 Å². The zero-order valence-corrected chi connectivity index (χ0v) is 20.8. The van der Waals surface area contributed by atoms with Crippen LogP contribution in [0.25, 0.3) is 5.52 Å². The van der Waals surface area contributed by atoms with Crippen LogP contribution in [0.2, 0.25) is 10.2 Å². The Hall–Kier alpha value is -3.08. The van der Waals surface area contributed by atoms with Crippen LogP contribution in [0.5, 0.6) is 0 Å². The molecule has 190 valence electrons. The molecule has 0 radical (unpaired) electrons. The van der Waals surface area contributed by atoms with Gasteiger partial charge in [0.05, 0.1) is 23.8 Å². The lowest BCUT2D eigenvalue weighted by molar-refractivity contribution is 0.0362. The van der Waals surface area contributed by atoms with Crippen molar-refractivity contribution in [2.24, 2.45) is 0 Å². The van der Waals surface area contributed by atoms with Crippen molar-refractivity contribution in [1.29, 1.82) is 0 Å². The highest BCUT2D eigenvalue weighted by molar-refractivity contribution is 6.42. The number of hydrogen-bond donors (Lipinski definition) is 1. The second-order valence-electron chi connectivity index (χ2n) is 8.77. The van der Waals surface area contributed by atoms with Crippen LogP contribution < -0.4 is 5.56 Å². The summed E-state index contributed by atoms with van der Waals surface area (Å²) in [5, 5.41) is 0.450. The fourth-order valence-electron chi connectivity index (χ4n) is 4.60. The quantitative estimate of drug-likeness (QED) is 0.558. The second-order valence-corrected chi connectivity index (χ2v) is 9.53. The predicted molar refractivity (Wildman–Crippen MR) is 133 cm³/mol. The summed E-state index contributed by atoms with van der Waals surface area (Å²) >= 11 is 12.4. The zero-order valence-electron chi connectivity index (χ0n) is 19.3. The molecule has 12 heteroatoms. The third-order valence-electron chi connectivity index (χ3n) is 6.55. The highest BCUT2D eigenvalue weighted by atomic mass is 35.5. The van der Waals surface area contributed by atoms with E-state index < -0.39 is 11.7 Å². The van der Waals surface area contributed by atoms with E-state index in [-0.39, 0.29) is 33.8 Å². The van der Waals surface area contributed by atoms with Crippen LogP contribution in [0, 0.1) is 5.82 Å². The number of aromatic amines is 1. The molecule has 0 aliphatic carbocycles. The number of carbonyl (C=O) groups excluding carboxylic acids is 2. The number of benzene rings is 1. The van der Waals surface area contributed by atoms with Gasteiger partial charge in [0, 0.05) is 57.6 Å². The standard InChI is InChI=1S/C24H24Cl2FN5O4/c25-18-13-20-22(33)28-14-16(32(20)21(18)26)11-15-1-2-19(27)17(12-15)23(34)29-3-5-30(6-4-29)24(35)31-7-9-36-10-8-31/h1-2,12-14H,3-11H2,(H,28,33). The number of nitrogens with zero attached hydrogens (tertiary/aromatic N) is 4. The average Bonchev–Trinajstić information content (AvgIpc) is 3.21. The molecule has 2 saturated heterocycles. The first-order chi connectivity index (χ1) is 17.3. The highest BCUT2D eigenvalue weighted by Gasteiger charge is 2.29. The van der Waals surface area contributed by atoms with Gasteiger partial charge in [0.15, 0.2) is 0 Å². The summed E-state index contributed by atoms with van der Waals surface area (Å²) in [6.45, 7) is 3.54. The molecular formula is C24H24Cl2FN5O4. The Kier molecular flexibility index (Phi) is 6.92. The van der Waals surface area contributed by atoms with Crippen LogP contribution in [0.4, 0.5) is 9.18 Å². The summed E-state index contributed by atoms with van der Waals surface area (Å²) in [6.07, 6.45) is 1.80. The number of aromatic nitrogens is 2. The van der Waals surface area contributed by atoms with Gasteiger partial charge in [0.2, 0.25) is 0 Å². The lowest BCUT2D eigenvalue weighted by Gasteiger charge is -2.38. The van der Waals surface area contributed by atoms with Crippen molar-refractivity contribution in [2.45, 2.75) is 6.42 Å². The molecule has 0 spiro atoms. The van der Waals surface area contributed by atoms with E-state index in [1.54, 1.807) is 20.8 Å². The minimum atomic E-state index is -0.621. The molecule has 2 fully saturated rings. The molecule has 2 aliphatic rings. The largest absolute Gasteiger partial charge is 0.378 e. The first kappa shape index (κ1) is 24.6. The number of hydrogen-bond acceptors (Lipinski definition) is 4. The number of halogens is 3. The first-order valence-corrected chi connectivity index (χ1v) is 12.4. The van der Waals surface area contributed by atoms with E-state index in [4.69, 9.17) is 27.9 Å². The van der Waals surface area contributed by atoms with E-state index >= 15 is 0 Å². The van der Waals surface area contributed by atoms with Crippen molar-refractivity contribution in [3.63, 3.8) is 0 Å². The molecule has 3 amide bonds. The molecule has 2 aliphatic heterocycles. The number of carbonyl (C=O) groups is 2. The zero-order chi connectivity index (χ0) is 25.4. The third-order valence-corrected chi connectivity index (χ3v) is 7.31. The molecule has 2 aromatic heterocycles. The molecule has 4 heterocycles. The van der Waals surface area contributed by atoms with Gasteiger partial charge < -0.3 is 24.4 Å². The second kappa shape index (κ2) is 10.1. The number of urea groups is 1. The Labute approximate surface area is 215 Å². The Balaban J connectivity index is 1.31. The van der Waals surface area contributed by atoms with Gasteiger partial charge in [-0.25, -0.2) is 9.18 Å². The molecule has 36 heavy (non-hydrogen) atoms. The van der Waals surface area contributed by atoms with Gasteiger partial charge in [0.25, 0.3) is 11.5 Å². The third kappa shape index (κ3) is 4.68. The summed E-state index contributed by atoms with van der Waals surface area (Å²) in [7, 11) is 0. The van der Waals surface area contributed by atoms with E-state index in [1.807, 2.05) is 0 Å². The molecule has 0 unspecified atom stereocenters. The molecule has 0 bridgehead atoms. The fourth-order valence-corrected chi connectivity index (χ4v) is 5.05. The van der Waals surface area contributed by atoms with Crippen LogP contribution in [0.3, 0.4) is 0 Å². The van der Waals surface area contributed by atoms with E-state index in [1.165, 1.54) is 28.8 Å². The average molecular weight is 536 g/mol. The van der Waals surface area contributed by atoms with E-state index in [2.05, 4.69) is 4.98 Å². The number of rotatable bonds is 3. The van der Waals surface area contributed by atoms with Crippen molar-refractivity contribution in [1.82, 2.24) is 24.1 Å². The van der Waals surface area contributed by atoms with Crippen molar-refractivity contribution in [3.8, 4) is 0 Å². The van der Waals surface area contributed by atoms with Crippen LogP contribution in [0.1, 0.15) is 21.6 Å². The number of piperazine rings is 1. The maximum Gasteiger partial charge on any atom is 0.320 e. The molecule has 0 saturated carbocycles. The summed E-state index contributed by atoms with van der Waals surface area (Å²) in [5.41, 5.74) is 1.20. The topological polar surface area (TPSA) is 90.4 Å². The lowest BCUT2D eigenvalue weighted by atomic mass is 10.0. The monoisotopic (exact) mass is 535 g/mol. The normalized spacial score (nSPS) is 16.6. The number of morpholine rings is 1. The number of fused-ring (bicyclic) bond motifs is 1. The summed E-state index contributed by atoms with van der Waals surface area (Å²) in [4.78, 5) is 45.7. The van der Waals surface area contributed by atoms with E-state index in [0.29, 0.717) is 69.3 Å². The lowest BCUT2D eigenvalue weighted by Crippen LogP contribution is -2.55. The Bertz CT molecular complexity index is 1380. The van der Waals surface area contributed by atoms with Crippen molar-refractivity contribution in [3.05, 3.63) is 73.6 Å². The molecular weight excluding hydrogens is 512 g/mol. The number of amides is 3. The molecule has 0 atom stereocenters. The van der Waals surface area contributed by atoms with E-state index in [0.717, 1.165) is 0 Å². The number of ether oxygens (including phenoxy) is 1. The molecule has 1 aromatic carbocycles. The predicted octanol–water partition coefficient (Wildman–Crippen LogP) is 2.87. The van der Waals surface area contributed by atoms with Gasteiger partial charge in [-0.2, -0.15) is 0 Å². The molecule has 9 nitrogen and oxygen atoms in total.